The molecule has 1 aromatic heterocycles. The van der Waals surface area contributed by atoms with E-state index in [-0.39, 0.29) is 18.7 Å². The maximum atomic E-state index is 11.9. The van der Waals surface area contributed by atoms with E-state index in [1.165, 1.54) is 16.0 Å². The Morgan fingerprint density at radius 3 is 2.08 bits per heavy atom. The third-order valence-corrected chi connectivity index (χ3v) is 5.60. The Hall–Kier alpha value is -4.26. The third kappa shape index (κ3) is 7.37. The van der Waals surface area contributed by atoms with Crippen LogP contribution in [0.15, 0.2) is 83.3 Å². The normalized spacial score (nSPS) is 11.2. The molecule has 7 heteroatoms. The minimum Gasteiger partial charge on any atom is -0.481 e. The average Bonchev–Trinajstić information content (AvgIpc) is 3.36. The number of amides is 1. The molecule has 36 heavy (non-hydrogen) atoms. The van der Waals surface area contributed by atoms with Crippen molar-refractivity contribution < 1.29 is 19.1 Å². The van der Waals surface area contributed by atoms with Gasteiger partial charge in [0, 0.05) is 18.5 Å². The van der Waals surface area contributed by atoms with E-state index in [0.717, 1.165) is 11.1 Å². The number of hydrogen-bond acceptors (Lipinski definition) is 5. The smallest absolute Gasteiger partial charge is 0.303 e. The van der Waals surface area contributed by atoms with Crippen molar-refractivity contribution in [3.63, 3.8) is 0 Å². The van der Waals surface area contributed by atoms with E-state index < -0.39 is 12.0 Å². The van der Waals surface area contributed by atoms with Crippen molar-refractivity contribution >= 4 is 18.1 Å². The lowest BCUT2D eigenvalue weighted by atomic mass is 10.0. The lowest BCUT2D eigenvalue weighted by molar-refractivity contribution is -0.137. The number of carboxylic acids is 1. The number of nitrogens with zero attached hydrogens (tertiary/aromatic N) is 3. The molecule has 3 aromatic carbocycles. The Morgan fingerprint density at radius 2 is 1.58 bits per heavy atom. The minimum atomic E-state index is -0.953. The van der Waals surface area contributed by atoms with Crippen LogP contribution in [-0.4, -0.2) is 27.7 Å². The number of carbonyl (C=O) groups is 2. The number of benzene rings is 3. The first-order chi connectivity index (χ1) is 17.4. The van der Waals surface area contributed by atoms with Gasteiger partial charge in [-0.3, -0.25) is 9.59 Å². The molecule has 0 aliphatic rings. The standard InChI is InChI=1S/C21H21N3O4.C8H10/c1-2-19-22-23-21(28-19)18(12-13-20(26)27)24(14-25)17-10-8-16(9-11-17)15-6-4-3-5-7-15;1-7-4-3-5-8(2)6-7/h3-11,14,18H,2,12-13H2,1H3,(H,26,27);3-6H,1-2H3. The Labute approximate surface area is 211 Å². The first kappa shape index (κ1) is 26.3. The fourth-order valence-corrected chi connectivity index (χ4v) is 3.76. The van der Waals surface area contributed by atoms with Gasteiger partial charge in [-0.1, -0.05) is 84.8 Å². The Balaban J connectivity index is 0.000000383. The summed E-state index contributed by atoms with van der Waals surface area (Å²) in [6, 6.07) is 25.2. The van der Waals surface area contributed by atoms with Crippen LogP contribution in [0.2, 0.25) is 0 Å². The summed E-state index contributed by atoms with van der Waals surface area (Å²) in [7, 11) is 0. The van der Waals surface area contributed by atoms with Crippen molar-refractivity contribution in [2.24, 2.45) is 0 Å². The number of aromatic nitrogens is 2. The average molecular weight is 486 g/mol. The van der Waals surface area contributed by atoms with Gasteiger partial charge in [0.05, 0.1) is 0 Å². The van der Waals surface area contributed by atoms with E-state index >= 15 is 0 Å². The van der Waals surface area contributed by atoms with Crippen molar-refractivity contribution in [1.29, 1.82) is 0 Å². The Kier molecular flexibility index (Phi) is 9.51. The molecule has 0 radical (unpaired) electrons. The monoisotopic (exact) mass is 485 g/mol. The molecule has 7 nitrogen and oxygen atoms in total. The molecular formula is C29H31N3O4. The second kappa shape index (κ2) is 13.0. The molecule has 1 amide bonds. The highest BCUT2D eigenvalue weighted by Crippen LogP contribution is 2.31. The number of rotatable bonds is 9. The zero-order chi connectivity index (χ0) is 25.9. The molecule has 0 aliphatic heterocycles. The molecule has 186 valence electrons. The molecule has 1 N–H and O–H groups in total. The van der Waals surface area contributed by atoms with Gasteiger partial charge in [0.15, 0.2) is 0 Å². The van der Waals surface area contributed by atoms with Gasteiger partial charge < -0.3 is 14.4 Å². The van der Waals surface area contributed by atoms with E-state index in [4.69, 9.17) is 9.52 Å². The van der Waals surface area contributed by atoms with Gasteiger partial charge in [0.1, 0.15) is 6.04 Å². The summed E-state index contributed by atoms with van der Waals surface area (Å²) in [5, 5.41) is 17.0. The molecule has 0 bridgehead atoms. The number of hydrogen-bond donors (Lipinski definition) is 1. The third-order valence-electron chi connectivity index (χ3n) is 5.60. The van der Waals surface area contributed by atoms with Crippen molar-refractivity contribution in [2.45, 2.75) is 46.1 Å². The van der Waals surface area contributed by atoms with Crippen molar-refractivity contribution in [1.82, 2.24) is 10.2 Å². The number of aliphatic carboxylic acids is 1. The number of aryl methyl sites for hydroxylation is 3. The summed E-state index contributed by atoms with van der Waals surface area (Å²) in [6.45, 7) is 6.09. The topological polar surface area (TPSA) is 96.5 Å². The predicted octanol–water partition coefficient (Wildman–Crippen LogP) is 6.17. The molecule has 1 atom stereocenters. The van der Waals surface area contributed by atoms with Crippen LogP contribution >= 0.6 is 0 Å². The second-order valence-electron chi connectivity index (χ2n) is 8.42. The first-order valence-electron chi connectivity index (χ1n) is 11.9. The SMILES string of the molecule is CCc1nnc(C(CCC(=O)O)N(C=O)c2ccc(-c3ccccc3)cc2)o1.Cc1cccc(C)c1. The number of anilines is 1. The highest BCUT2D eigenvalue weighted by molar-refractivity contribution is 5.78. The van der Waals surface area contributed by atoms with Gasteiger partial charge in [-0.15, -0.1) is 10.2 Å². The molecule has 0 fully saturated rings. The van der Waals surface area contributed by atoms with Crippen LogP contribution in [0.3, 0.4) is 0 Å². The minimum absolute atomic E-state index is 0.124. The van der Waals surface area contributed by atoms with Crippen molar-refractivity contribution in [3.05, 3.63) is 102 Å². The quantitative estimate of drug-likeness (QED) is 0.285. The number of carbonyl (C=O) groups excluding carboxylic acids is 1. The van der Waals surface area contributed by atoms with Gasteiger partial charge in [0.25, 0.3) is 0 Å². The molecule has 4 rings (SSSR count). The van der Waals surface area contributed by atoms with Crippen LogP contribution in [-0.2, 0) is 16.0 Å². The lowest BCUT2D eigenvalue weighted by Gasteiger charge is -2.25. The van der Waals surface area contributed by atoms with E-state index in [1.807, 2.05) is 61.5 Å². The summed E-state index contributed by atoms with van der Waals surface area (Å²) in [6.07, 6.45) is 1.27. The maximum Gasteiger partial charge on any atom is 0.303 e. The van der Waals surface area contributed by atoms with Gasteiger partial charge in [-0.05, 0) is 43.5 Å². The van der Waals surface area contributed by atoms with Crippen molar-refractivity contribution in [3.8, 4) is 11.1 Å². The number of carboxylic acid groups (broad SMARTS) is 1. The Bertz CT molecular complexity index is 1240. The van der Waals surface area contributed by atoms with E-state index in [9.17, 15) is 9.59 Å². The van der Waals surface area contributed by atoms with Crippen LogP contribution in [0.5, 0.6) is 0 Å². The largest absolute Gasteiger partial charge is 0.481 e. The van der Waals surface area contributed by atoms with E-state index in [0.29, 0.717) is 24.4 Å². The summed E-state index contributed by atoms with van der Waals surface area (Å²) in [5.41, 5.74) is 5.39. The fourth-order valence-electron chi connectivity index (χ4n) is 3.76. The van der Waals surface area contributed by atoms with E-state index in [2.05, 4.69) is 48.3 Å². The maximum absolute atomic E-state index is 11.9. The van der Waals surface area contributed by atoms with Crippen LogP contribution in [0.1, 0.15) is 48.7 Å². The van der Waals surface area contributed by atoms with Crippen LogP contribution in [0.25, 0.3) is 11.1 Å². The van der Waals surface area contributed by atoms with E-state index in [1.54, 1.807) is 0 Å². The van der Waals surface area contributed by atoms with Gasteiger partial charge >= 0.3 is 5.97 Å². The summed E-state index contributed by atoms with van der Waals surface area (Å²) in [5.74, 6) is -0.275. The summed E-state index contributed by atoms with van der Waals surface area (Å²) < 4.78 is 5.61. The molecule has 4 aromatic rings. The molecule has 1 heterocycles. The molecule has 0 aliphatic carbocycles. The molecular weight excluding hydrogens is 454 g/mol. The summed E-state index contributed by atoms with van der Waals surface area (Å²) >= 11 is 0. The molecule has 0 spiro atoms. The van der Waals surface area contributed by atoms with Crippen LogP contribution < -0.4 is 4.90 Å². The van der Waals surface area contributed by atoms with Gasteiger partial charge in [-0.25, -0.2) is 0 Å². The molecule has 1 unspecified atom stereocenters. The first-order valence-corrected chi connectivity index (χ1v) is 11.9. The van der Waals surface area contributed by atoms with Gasteiger partial charge in [0.2, 0.25) is 18.2 Å². The predicted molar refractivity (Wildman–Crippen MR) is 140 cm³/mol. The fraction of sp³-hybridized carbons (Fsp3) is 0.241. The van der Waals surface area contributed by atoms with Crippen LogP contribution in [0, 0.1) is 13.8 Å². The van der Waals surface area contributed by atoms with Crippen LogP contribution in [0.4, 0.5) is 5.69 Å². The highest BCUT2D eigenvalue weighted by Gasteiger charge is 2.27. The van der Waals surface area contributed by atoms with Crippen molar-refractivity contribution in [2.75, 3.05) is 4.90 Å². The lowest BCUT2D eigenvalue weighted by Crippen LogP contribution is -2.28. The zero-order valence-electron chi connectivity index (χ0n) is 20.8. The highest BCUT2D eigenvalue weighted by atomic mass is 16.4. The second-order valence-corrected chi connectivity index (χ2v) is 8.42. The molecule has 0 saturated heterocycles. The van der Waals surface area contributed by atoms with Gasteiger partial charge in [-0.2, -0.15) is 0 Å². The summed E-state index contributed by atoms with van der Waals surface area (Å²) in [4.78, 5) is 24.4. The molecule has 0 saturated carbocycles. The zero-order valence-corrected chi connectivity index (χ0v) is 20.8. The Morgan fingerprint density at radius 1 is 0.944 bits per heavy atom.